The zero-order valence-corrected chi connectivity index (χ0v) is 20.0. The minimum absolute atomic E-state index is 0.126. The molecule has 0 aliphatic carbocycles. The van der Waals surface area contributed by atoms with Crippen LogP contribution in [0.2, 0.25) is 0 Å². The second-order valence-corrected chi connectivity index (χ2v) is 8.91. The summed E-state index contributed by atoms with van der Waals surface area (Å²) < 4.78 is 23.2. The quantitative estimate of drug-likeness (QED) is 0.528. The van der Waals surface area contributed by atoms with E-state index in [1.807, 2.05) is 19.1 Å². The van der Waals surface area contributed by atoms with Gasteiger partial charge in [0.1, 0.15) is 11.6 Å². The molecule has 10 nitrogen and oxygen atoms in total. The Morgan fingerprint density at radius 3 is 2.36 bits per heavy atom. The van der Waals surface area contributed by atoms with E-state index in [0.29, 0.717) is 54.9 Å². The maximum atomic E-state index is 13.3. The summed E-state index contributed by atoms with van der Waals surface area (Å²) in [6, 6.07) is 3.46. The van der Waals surface area contributed by atoms with E-state index in [1.165, 1.54) is 22.8 Å². The highest BCUT2D eigenvalue weighted by molar-refractivity contribution is 8.00. The number of aromatic nitrogens is 3. The van der Waals surface area contributed by atoms with Gasteiger partial charge in [0.15, 0.2) is 16.7 Å². The smallest absolute Gasteiger partial charge is 0.309 e. The summed E-state index contributed by atoms with van der Waals surface area (Å²) in [5.41, 5.74) is 0.857. The van der Waals surface area contributed by atoms with Crippen LogP contribution in [-0.2, 0) is 9.53 Å². The van der Waals surface area contributed by atoms with Gasteiger partial charge in [-0.3, -0.25) is 14.5 Å². The molecule has 0 radical (unpaired) electrons. The van der Waals surface area contributed by atoms with E-state index in [-0.39, 0.29) is 23.8 Å². The van der Waals surface area contributed by atoms with Gasteiger partial charge in [0.2, 0.25) is 5.75 Å². The Labute approximate surface area is 196 Å². The van der Waals surface area contributed by atoms with Crippen LogP contribution in [0.1, 0.15) is 36.2 Å². The second-order valence-electron chi connectivity index (χ2n) is 7.80. The van der Waals surface area contributed by atoms with Gasteiger partial charge in [0.05, 0.1) is 39.9 Å². The fraction of sp³-hybridized carbons (Fsp3) is 0.545. The molecule has 0 spiro atoms. The van der Waals surface area contributed by atoms with E-state index < -0.39 is 5.25 Å². The van der Waals surface area contributed by atoms with Gasteiger partial charge in [-0.2, -0.15) is 9.78 Å². The molecule has 1 saturated heterocycles. The molecule has 1 unspecified atom stereocenters. The number of fused-ring (bicyclic) bond motifs is 1. The number of ether oxygens (including phenoxy) is 4. The van der Waals surface area contributed by atoms with Crippen molar-refractivity contribution in [1.82, 2.24) is 19.7 Å². The molecule has 2 aliphatic heterocycles. The third-order valence-corrected chi connectivity index (χ3v) is 7.26. The number of thioether (sulfide) groups is 1. The lowest BCUT2D eigenvalue weighted by Gasteiger charge is -2.39. The van der Waals surface area contributed by atoms with E-state index >= 15 is 0 Å². The number of benzene rings is 1. The maximum Gasteiger partial charge on any atom is 0.309 e. The van der Waals surface area contributed by atoms with Gasteiger partial charge in [-0.25, -0.2) is 4.98 Å². The second kappa shape index (κ2) is 10.0. The minimum atomic E-state index is -0.455. The van der Waals surface area contributed by atoms with Crippen LogP contribution in [0.15, 0.2) is 23.6 Å². The topological polar surface area (TPSA) is 105 Å². The van der Waals surface area contributed by atoms with Crippen LogP contribution < -0.4 is 14.2 Å². The predicted octanol–water partition coefficient (Wildman–Crippen LogP) is 2.43. The summed E-state index contributed by atoms with van der Waals surface area (Å²) in [6.45, 7) is 3.47. The van der Waals surface area contributed by atoms with Crippen molar-refractivity contribution in [1.29, 1.82) is 0 Å². The van der Waals surface area contributed by atoms with Gasteiger partial charge in [0.25, 0.3) is 5.91 Å². The molecule has 178 valence electrons. The first kappa shape index (κ1) is 23.4. The fourth-order valence-electron chi connectivity index (χ4n) is 4.47. The number of methoxy groups -OCH3 is 3. The largest absolute Gasteiger partial charge is 0.493 e. The van der Waals surface area contributed by atoms with Crippen LogP contribution in [0.4, 0.5) is 0 Å². The Kier molecular flexibility index (Phi) is 7.08. The van der Waals surface area contributed by atoms with Crippen LogP contribution in [0.5, 0.6) is 17.2 Å². The molecule has 0 N–H and O–H groups in total. The van der Waals surface area contributed by atoms with E-state index in [4.69, 9.17) is 18.9 Å². The van der Waals surface area contributed by atoms with Crippen LogP contribution in [0.3, 0.4) is 0 Å². The zero-order valence-electron chi connectivity index (χ0n) is 19.1. The number of carbonyl (C=O) groups is 2. The summed E-state index contributed by atoms with van der Waals surface area (Å²) in [7, 11) is 4.69. The molecular weight excluding hydrogens is 448 g/mol. The number of nitrogens with zero attached hydrogens (tertiary/aromatic N) is 4. The summed E-state index contributed by atoms with van der Waals surface area (Å²) in [5.74, 6) is 1.11. The molecule has 2 aromatic rings. The first-order chi connectivity index (χ1) is 16.0. The van der Waals surface area contributed by atoms with Gasteiger partial charge < -0.3 is 18.9 Å². The predicted molar refractivity (Wildman–Crippen MR) is 120 cm³/mol. The lowest BCUT2D eigenvalue weighted by atomic mass is 9.92. The number of hydrogen-bond donors (Lipinski definition) is 0. The number of carbonyl (C=O) groups excluding carboxylic acids is 2. The number of esters is 1. The summed E-state index contributed by atoms with van der Waals surface area (Å²) in [4.78, 5) is 31.9. The third kappa shape index (κ3) is 4.39. The fourth-order valence-corrected chi connectivity index (χ4v) is 5.70. The maximum absolute atomic E-state index is 13.3. The van der Waals surface area contributed by atoms with Crippen molar-refractivity contribution in [3.63, 3.8) is 0 Å². The van der Waals surface area contributed by atoms with Crippen molar-refractivity contribution < 1.29 is 28.5 Å². The van der Waals surface area contributed by atoms with E-state index in [1.54, 1.807) is 21.3 Å². The van der Waals surface area contributed by atoms with Crippen LogP contribution in [0, 0.1) is 5.92 Å². The number of likely N-dealkylation sites (tertiary alicyclic amines) is 1. The first-order valence-electron chi connectivity index (χ1n) is 10.8. The molecule has 2 aliphatic rings. The molecule has 33 heavy (non-hydrogen) atoms. The monoisotopic (exact) mass is 476 g/mol. The van der Waals surface area contributed by atoms with E-state index in [9.17, 15) is 9.59 Å². The molecule has 4 rings (SSSR count). The number of piperidine rings is 1. The van der Waals surface area contributed by atoms with Crippen molar-refractivity contribution >= 4 is 23.6 Å². The molecular formula is C22H28N4O6S. The van der Waals surface area contributed by atoms with E-state index in [2.05, 4.69) is 15.0 Å². The number of rotatable bonds is 8. The minimum Gasteiger partial charge on any atom is -0.493 e. The Balaban J connectivity index is 1.69. The Hall–Kier alpha value is -2.79. The van der Waals surface area contributed by atoms with Crippen molar-refractivity contribution in [2.75, 3.05) is 41.0 Å². The van der Waals surface area contributed by atoms with Crippen molar-refractivity contribution in [3.8, 4) is 17.2 Å². The SMILES string of the molecule is CCOC(=O)C1CCN([C@H](c2cc(OC)c(OC)c(OC)c2)C2Sc3ncnn3C2=O)CC1. The molecule has 3 heterocycles. The average Bonchev–Trinajstić information content (AvgIpc) is 3.42. The Morgan fingerprint density at radius 1 is 1.15 bits per heavy atom. The molecule has 11 heteroatoms. The molecule has 1 fully saturated rings. The standard InChI is InChI=1S/C22H28N4O6S/c1-5-32-21(28)13-6-8-25(9-7-13)17(19-20(27)26-22(33-19)23-12-24-26)14-10-15(29-2)18(31-4)16(11-14)30-3/h10-13,17,19H,5-9H2,1-4H3/t17-,19?/m1/s1. The summed E-state index contributed by atoms with van der Waals surface area (Å²) in [6.07, 6.45) is 2.71. The Bertz CT molecular complexity index is 995. The lowest BCUT2D eigenvalue weighted by Crippen LogP contribution is -2.44. The Morgan fingerprint density at radius 2 is 1.82 bits per heavy atom. The van der Waals surface area contributed by atoms with Crippen molar-refractivity contribution in [2.24, 2.45) is 5.92 Å². The molecule has 0 bridgehead atoms. The van der Waals surface area contributed by atoms with Gasteiger partial charge in [-0.05, 0) is 50.6 Å². The molecule has 0 saturated carbocycles. The van der Waals surface area contributed by atoms with Crippen LogP contribution in [-0.4, -0.2) is 77.8 Å². The first-order valence-corrected chi connectivity index (χ1v) is 11.7. The summed E-state index contributed by atoms with van der Waals surface area (Å²) in [5, 5.41) is 4.20. The van der Waals surface area contributed by atoms with Gasteiger partial charge >= 0.3 is 5.97 Å². The highest BCUT2D eigenvalue weighted by Crippen LogP contribution is 2.46. The molecule has 1 aromatic carbocycles. The average molecular weight is 477 g/mol. The number of hydrogen-bond acceptors (Lipinski definition) is 10. The molecule has 2 atom stereocenters. The van der Waals surface area contributed by atoms with Crippen molar-refractivity contribution in [2.45, 2.75) is 36.2 Å². The van der Waals surface area contributed by atoms with Gasteiger partial charge in [0, 0.05) is 0 Å². The van der Waals surface area contributed by atoms with Gasteiger partial charge in [-0.15, -0.1) is 0 Å². The van der Waals surface area contributed by atoms with E-state index in [0.717, 1.165) is 5.56 Å². The van der Waals surface area contributed by atoms with Crippen LogP contribution in [0.25, 0.3) is 0 Å². The normalized spacial score (nSPS) is 19.8. The molecule has 1 aromatic heterocycles. The van der Waals surface area contributed by atoms with Gasteiger partial charge in [-0.1, -0.05) is 11.8 Å². The summed E-state index contributed by atoms with van der Waals surface area (Å²) >= 11 is 1.39. The van der Waals surface area contributed by atoms with Crippen LogP contribution >= 0.6 is 11.8 Å². The third-order valence-electron chi connectivity index (χ3n) is 6.06. The molecule has 0 amide bonds. The lowest BCUT2D eigenvalue weighted by molar-refractivity contribution is -0.149. The highest BCUT2D eigenvalue weighted by atomic mass is 32.2. The highest BCUT2D eigenvalue weighted by Gasteiger charge is 2.44. The zero-order chi connectivity index (χ0) is 23.5. The van der Waals surface area contributed by atoms with Crippen molar-refractivity contribution in [3.05, 3.63) is 24.0 Å².